The molecule has 96 valence electrons. The molecule has 1 aromatic carbocycles. The second-order valence-corrected chi connectivity index (χ2v) is 4.89. The molecule has 18 heavy (non-hydrogen) atoms. The number of benzene rings is 1. The number of ether oxygens (including phenoxy) is 1. The highest BCUT2D eigenvalue weighted by molar-refractivity contribution is 9.10. The molecule has 0 spiro atoms. The summed E-state index contributed by atoms with van der Waals surface area (Å²) < 4.78 is 8.19. The SMILES string of the molecule is COc1ccc(C)cc1-c1c(Br)nc(CN)n1C. The van der Waals surface area contributed by atoms with Gasteiger partial charge in [0.25, 0.3) is 0 Å². The fourth-order valence-electron chi connectivity index (χ4n) is 1.99. The summed E-state index contributed by atoms with van der Waals surface area (Å²) in [6.07, 6.45) is 0. The fourth-order valence-corrected chi connectivity index (χ4v) is 2.67. The molecule has 0 aliphatic heterocycles. The van der Waals surface area contributed by atoms with Crippen LogP contribution in [-0.2, 0) is 13.6 Å². The fraction of sp³-hybridized carbons (Fsp3) is 0.308. The number of hydrogen-bond acceptors (Lipinski definition) is 3. The molecule has 2 rings (SSSR count). The van der Waals surface area contributed by atoms with Crippen molar-refractivity contribution in [2.24, 2.45) is 12.8 Å². The Morgan fingerprint density at radius 1 is 1.44 bits per heavy atom. The van der Waals surface area contributed by atoms with E-state index in [-0.39, 0.29) is 0 Å². The van der Waals surface area contributed by atoms with Crippen LogP contribution in [0.2, 0.25) is 0 Å². The smallest absolute Gasteiger partial charge is 0.132 e. The van der Waals surface area contributed by atoms with Crippen molar-refractivity contribution < 1.29 is 4.74 Å². The Morgan fingerprint density at radius 3 is 2.72 bits per heavy atom. The monoisotopic (exact) mass is 309 g/mol. The van der Waals surface area contributed by atoms with E-state index in [9.17, 15) is 0 Å². The molecule has 0 bridgehead atoms. The number of nitrogens with two attached hydrogens (primary N) is 1. The highest BCUT2D eigenvalue weighted by atomic mass is 79.9. The van der Waals surface area contributed by atoms with E-state index in [0.29, 0.717) is 6.54 Å². The summed E-state index contributed by atoms with van der Waals surface area (Å²) in [6, 6.07) is 6.07. The summed E-state index contributed by atoms with van der Waals surface area (Å²) in [4.78, 5) is 4.41. The molecule has 0 aliphatic carbocycles. The second-order valence-electron chi connectivity index (χ2n) is 4.13. The van der Waals surface area contributed by atoms with E-state index >= 15 is 0 Å². The minimum atomic E-state index is 0.406. The molecule has 0 radical (unpaired) electrons. The van der Waals surface area contributed by atoms with Crippen LogP contribution in [0.15, 0.2) is 22.8 Å². The molecule has 0 saturated heterocycles. The molecule has 0 unspecified atom stereocenters. The van der Waals surface area contributed by atoms with Crippen molar-refractivity contribution in [1.82, 2.24) is 9.55 Å². The zero-order valence-electron chi connectivity index (χ0n) is 10.7. The molecule has 2 aromatic rings. The normalized spacial score (nSPS) is 10.7. The van der Waals surface area contributed by atoms with E-state index in [2.05, 4.69) is 33.9 Å². The van der Waals surface area contributed by atoms with Crippen molar-refractivity contribution in [3.05, 3.63) is 34.2 Å². The summed E-state index contributed by atoms with van der Waals surface area (Å²) >= 11 is 3.49. The van der Waals surface area contributed by atoms with Gasteiger partial charge >= 0.3 is 0 Å². The zero-order chi connectivity index (χ0) is 13.3. The number of hydrogen-bond donors (Lipinski definition) is 1. The van der Waals surface area contributed by atoms with Crippen molar-refractivity contribution >= 4 is 15.9 Å². The Hall–Kier alpha value is -1.33. The van der Waals surface area contributed by atoms with Crippen LogP contribution < -0.4 is 10.5 Å². The molecule has 0 aliphatic rings. The van der Waals surface area contributed by atoms with Gasteiger partial charge in [-0.05, 0) is 35.0 Å². The third-order valence-electron chi connectivity index (χ3n) is 2.94. The standard InChI is InChI=1S/C13H16BrN3O/c1-8-4-5-10(18-3)9(6-8)12-13(14)16-11(7-15)17(12)2/h4-6H,7,15H2,1-3H3. The van der Waals surface area contributed by atoms with E-state index in [4.69, 9.17) is 10.5 Å². The van der Waals surface area contributed by atoms with Gasteiger partial charge in [0.1, 0.15) is 16.2 Å². The number of halogens is 1. The molecule has 1 heterocycles. The van der Waals surface area contributed by atoms with Gasteiger partial charge in [-0.3, -0.25) is 0 Å². The highest BCUT2D eigenvalue weighted by Crippen LogP contribution is 2.35. The number of methoxy groups -OCH3 is 1. The lowest BCUT2D eigenvalue weighted by molar-refractivity contribution is 0.416. The van der Waals surface area contributed by atoms with Crippen molar-refractivity contribution in [3.8, 4) is 17.0 Å². The Morgan fingerprint density at radius 2 is 2.17 bits per heavy atom. The first kappa shape index (κ1) is 13.1. The molecule has 0 fully saturated rings. The average Bonchev–Trinajstić information content (AvgIpc) is 2.64. The Bertz CT molecular complexity index is 578. The van der Waals surface area contributed by atoms with Crippen molar-refractivity contribution in [1.29, 1.82) is 0 Å². The molecular formula is C13H16BrN3O. The number of imidazole rings is 1. The summed E-state index contributed by atoms with van der Waals surface area (Å²) in [5.74, 6) is 1.66. The Kier molecular flexibility index (Phi) is 3.73. The van der Waals surface area contributed by atoms with Gasteiger partial charge in [-0.25, -0.2) is 4.98 Å². The maximum absolute atomic E-state index is 5.68. The lowest BCUT2D eigenvalue weighted by atomic mass is 10.1. The quantitative estimate of drug-likeness (QED) is 0.948. The highest BCUT2D eigenvalue weighted by Gasteiger charge is 2.17. The van der Waals surface area contributed by atoms with Crippen LogP contribution in [0.25, 0.3) is 11.3 Å². The second kappa shape index (κ2) is 5.12. The Labute approximate surface area is 115 Å². The molecule has 4 nitrogen and oxygen atoms in total. The summed E-state index contributed by atoms with van der Waals surface area (Å²) in [6.45, 7) is 2.46. The minimum absolute atomic E-state index is 0.406. The molecule has 0 atom stereocenters. The van der Waals surface area contributed by atoms with Gasteiger partial charge in [-0.2, -0.15) is 0 Å². The van der Waals surface area contributed by atoms with Crippen LogP contribution in [0.4, 0.5) is 0 Å². The first-order valence-corrected chi connectivity index (χ1v) is 6.44. The van der Waals surface area contributed by atoms with Gasteiger partial charge in [0.2, 0.25) is 0 Å². The van der Waals surface area contributed by atoms with Gasteiger partial charge in [-0.1, -0.05) is 11.6 Å². The minimum Gasteiger partial charge on any atom is -0.496 e. The first-order valence-electron chi connectivity index (χ1n) is 5.64. The van der Waals surface area contributed by atoms with E-state index in [1.54, 1.807) is 7.11 Å². The molecule has 5 heteroatoms. The van der Waals surface area contributed by atoms with Gasteiger partial charge in [-0.15, -0.1) is 0 Å². The summed E-state index contributed by atoms with van der Waals surface area (Å²) in [5.41, 5.74) is 8.85. The average molecular weight is 310 g/mol. The van der Waals surface area contributed by atoms with E-state index in [1.807, 2.05) is 23.7 Å². The predicted octanol–water partition coefficient (Wildman–Crippen LogP) is 2.63. The van der Waals surface area contributed by atoms with Crippen molar-refractivity contribution in [3.63, 3.8) is 0 Å². The van der Waals surface area contributed by atoms with Gasteiger partial charge in [0.15, 0.2) is 0 Å². The number of aryl methyl sites for hydroxylation is 1. The third kappa shape index (κ3) is 2.15. The molecule has 0 saturated carbocycles. The van der Waals surface area contributed by atoms with Crippen LogP contribution in [0.5, 0.6) is 5.75 Å². The van der Waals surface area contributed by atoms with E-state index < -0.39 is 0 Å². The van der Waals surface area contributed by atoms with E-state index in [0.717, 1.165) is 27.4 Å². The predicted molar refractivity (Wildman–Crippen MR) is 75.5 cm³/mol. The molecule has 2 N–H and O–H groups in total. The summed E-state index contributed by atoms with van der Waals surface area (Å²) in [7, 11) is 3.62. The zero-order valence-corrected chi connectivity index (χ0v) is 12.3. The molecule has 1 aromatic heterocycles. The van der Waals surface area contributed by atoms with Gasteiger partial charge in [0, 0.05) is 12.6 Å². The number of nitrogens with zero attached hydrogens (tertiary/aromatic N) is 2. The van der Waals surface area contributed by atoms with Crippen LogP contribution >= 0.6 is 15.9 Å². The van der Waals surface area contributed by atoms with Crippen molar-refractivity contribution in [2.45, 2.75) is 13.5 Å². The molecular weight excluding hydrogens is 294 g/mol. The number of aromatic nitrogens is 2. The maximum atomic E-state index is 5.68. The lowest BCUT2D eigenvalue weighted by Gasteiger charge is -2.11. The van der Waals surface area contributed by atoms with E-state index in [1.165, 1.54) is 5.56 Å². The van der Waals surface area contributed by atoms with Crippen LogP contribution in [0.3, 0.4) is 0 Å². The van der Waals surface area contributed by atoms with Crippen molar-refractivity contribution in [2.75, 3.05) is 7.11 Å². The lowest BCUT2D eigenvalue weighted by Crippen LogP contribution is -2.05. The maximum Gasteiger partial charge on any atom is 0.132 e. The van der Waals surface area contributed by atoms with Crippen LogP contribution in [0.1, 0.15) is 11.4 Å². The largest absolute Gasteiger partial charge is 0.496 e. The third-order valence-corrected chi connectivity index (χ3v) is 3.49. The molecule has 0 amide bonds. The van der Waals surface area contributed by atoms with Gasteiger partial charge in [0.05, 0.1) is 19.3 Å². The number of rotatable bonds is 3. The summed E-state index contributed by atoms with van der Waals surface area (Å²) in [5, 5.41) is 0. The van der Waals surface area contributed by atoms with Crippen LogP contribution in [0, 0.1) is 6.92 Å². The van der Waals surface area contributed by atoms with Gasteiger partial charge < -0.3 is 15.0 Å². The first-order chi connectivity index (χ1) is 8.58. The van der Waals surface area contributed by atoms with Crippen LogP contribution in [-0.4, -0.2) is 16.7 Å². The Balaban J connectivity index is 2.68. The topological polar surface area (TPSA) is 53.1 Å².